The van der Waals surface area contributed by atoms with Gasteiger partial charge in [0, 0.05) is 12.1 Å². The van der Waals surface area contributed by atoms with Crippen LogP contribution in [-0.2, 0) is 4.79 Å². The fraction of sp³-hybridized carbons (Fsp3) is 0.500. The Kier molecular flexibility index (Phi) is 3.78. The van der Waals surface area contributed by atoms with Gasteiger partial charge in [0.15, 0.2) is 6.61 Å². The molecule has 1 unspecified atom stereocenters. The van der Waals surface area contributed by atoms with E-state index in [1.807, 2.05) is 0 Å². The highest BCUT2D eigenvalue weighted by atomic mass is 16.5. The average Bonchev–Trinajstić information content (AvgIpc) is 3.06. The molecule has 0 aromatic heterocycles. The summed E-state index contributed by atoms with van der Waals surface area (Å²) < 4.78 is 5.23. The molecular formula is C16H20N2O4. The molecule has 3 rings (SSSR count). The van der Waals surface area contributed by atoms with Gasteiger partial charge in [-0.05, 0) is 43.9 Å². The summed E-state index contributed by atoms with van der Waals surface area (Å²) in [6.45, 7) is 0.446. The maximum absolute atomic E-state index is 12.7. The second-order valence-electron chi connectivity index (χ2n) is 6.04. The molecule has 6 nitrogen and oxygen atoms in total. The van der Waals surface area contributed by atoms with E-state index >= 15 is 0 Å². The molecule has 2 aliphatic rings. The van der Waals surface area contributed by atoms with Crippen molar-refractivity contribution in [2.24, 2.45) is 5.73 Å². The molecule has 1 saturated carbocycles. The van der Waals surface area contributed by atoms with Crippen LogP contribution in [0, 0.1) is 0 Å². The highest BCUT2D eigenvalue weighted by Gasteiger charge is 2.52. The molecule has 2 fully saturated rings. The number of carbonyl (C=O) groups excluding carboxylic acids is 2. The molecule has 0 bridgehead atoms. The summed E-state index contributed by atoms with van der Waals surface area (Å²) in [5, 5.41) is 10.3. The summed E-state index contributed by atoms with van der Waals surface area (Å²) in [6, 6.07) is 6.62. The molecule has 1 aliphatic carbocycles. The Labute approximate surface area is 128 Å². The Bertz CT molecular complexity index is 598. The first kappa shape index (κ1) is 14.8. The first-order chi connectivity index (χ1) is 10.5. The van der Waals surface area contributed by atoms with Gasteiger partial charge in [-0.1, -0.05) is 6.07 Å². The summed E-state index contributed by atoms with van der Waals surface area (Å²) in [6.07, 6.45) is 3.29. The summed E-state index contributed by atoms with van der Waals surface area (Å²) in [4.78, 5) is 25.2. The van der Waals surface area contributed by atoms with Gasteiger partial charge in [-0.25, -0.2) is 0 Å². The van der Waals surface area contributed by atoms with Gasteiger partial charge in [0.05, 0.1) is 11.6 Å². The van der Waals surface area contributed by atoms with Crippen molar-refractivity contribution in [1.82, 2.24) is 4.90 Å². The maximum atomic E-state index is 12.7. The van der Waals surface area contributed by atoms with E-state index in [1.54, 1.807) is 29.2 Å². The zero-order valence-corrected chi connectivity index (χ0v) is 12.3. The van der Waals surface area contributed by atoms with Gasteiger partial charge >= 0.3 is 0 Å². The number of carbonyl (C=O) groups is 2. The first-order valence-electron chi connectivity index (χ1n) is 7.54. The van der Waals surface area contributed by atoms with E-state index in [2.05, 4.69) is 0 Å². The van der Waals surface area contributed by atoms with Gasteiger partial charge in [0.25, 0.3) is 11.8 Å². The number of rotatable bonds is 5. The van der Waals surface area contributed by atoms with Crippen LogP contribution in [0.4, 0.5) is 0 Å². The predicted octanol–water partition coefficient (Wildman–Crippen LogP) is 0.680. The molecule has 1 aromatic rings. The highest BCUT2D eigenvalue weighted by molar-refractivity contribution is 5.95. The van der Waals surface area contributed by atoms with Crippen LogP contribution in [0.25, 0.3) is 0 Å². The fourth-order valence-corrected chi connectivity index (χ4v) is 3.07. The predicted molar refractivity (Wildman–Crippen MR) is 79.4 cm³/mol. The number of nitrogens with two attached hydrogens (primary N) is 1. The van der Waals surface area contributed by atoms with E-state index in [9.17, 15) is 14.7 Å². The Balaban J connectivity index is 1.74. The number of hydrogen-bond acceptors (Lipinski definition) is 4. The lowest BCUT2D eigenvalue weighted by atomic mass is 10.1. The lowest BCUT2D eigenvalue weighted by Gasteiger charge is -2.29. The van der Waals surface area contributed by atoms with Crippen LogP contribution in [0.5, 0.6) is 5.75 Å². The third-order valence-corrected chi connectivity index (χ3v) is 4.36. The number of amides is 2. The van der Waals surface area contributed by atoms with Crippen LogP contribution >= 0.6 is 0 Å². The lowest BCUT2D eigenvalue weighted by molar-refractivity contribution is -0.119. The molecule has 118 valence electrons. The van der Waals surface area contributed by atoms with Crippen LogP contribution in [-0.4, -0.2) is 46.6 Å². The Morgan fingerprint density at radius 2 is 2.18 bits per heavy atom. The largest absolute Gasteiger partial charge is 0.484 e. The van der Waals surface area contributed by atoms with Gasteiger partial charge in [-0.2, -0.15) is 0 Å². The Morgan fingerprint density at radius 1 is 1.41 bits per heavy atom. The van der Waals surface area contributed by atoms with Crippen LogP contribution < -0.4 is 10.5 Å². The van der Waals surface area contributed by atoms with Crippen molar-refractivity contribution >= 4 is 11.8 Å². The molecule has 0 radical (unpaired) electrons. The zero-order valence-electron chi connectivity index (χ0n) is 12.3. The molecular weight excluding hydrogens is 284 g/mol. The SMILES string of the molecule is NC(=O)COc1cccc(C(=O)N2CCCC2C2(O)CC2)c1. The van der Waals surface area contributed by atoms with E-state index < -0.39 is 11.5 Å². The van der Waals surface area contributed by atoms with E-state index in [-0.39, 0.29) is 18.6 Å². The molecule has 1 heterocycles. The maximum Gasteiger partial charge on any atom is 0.255 e. The molecule has 6 heteroatoms. The lowest BCUT2D eigenvalue weighted by Crippen LogP contribution is -2.44. The van der Waals surface area contributed by atoms with E-state index in [1.165, 1.54) is 0 Å². The number of nitrogens with zero attached hydrogens (tertiary/aromatic N) is 1. The smallest absolute Gasteiger partial charge is 0.255 e. The number of ether oxygens (including phenoxy) is 1. The number of aliphatic hydroxyl groups is 1. The Hall–Kier alpha value is -2.08. The zero-order chi connectivity index (χ0) is 15.7. The number of primary amides is 1. The van der Waals surface area contributed by atoms with Crippen molar-refractivity contribution in [1.29, 1.82) is 0 Å². The van der Waals surface area contributed by atoms with Crippen molar-refractivity contribution in [3.05, 3.63) is 29.8 Å². The van der Waals surface area contributed by atoms with Gasteiger partial charge in [0.1, 0.15) is 5.75 Å². The standard InChI is InChI=1S/C16H20N2O4/c17-14(19)10-22-12-4-1-3-11(9-12)15(20)18-8-2-5-13(18)16(21)6-7-16/h1,3-4,9,13,21H,2,5-8,10H2,(H2,17,19). The molecule has 1 atom stereocenters. The van der Waals surface area contributed by atoms with Crippen molar-refractivity contribution in [3.63, 3.8) is 0 Å². The summed E-state index contributed by atoms with van der Waals surface area (Å²) in [5.41, 5.74) is 4.85. The van der Waals surface area contributed by atoms with Crippen molar-refractivity contribution in [2.45, 2.75) is 37.3 Å². The van der Waals surface area contributed by atoms with Crippen LogP contribution in [0.15, 0.2) is 24.3 Å². The minimum atomic E-state index is -0.688. The second-order valence-corrected chi connectivity index (χ2v) is 6.04. The van der Waals surface area contributed by atoms with E-state index in [0.29, 0.717) is 17.9 Å². The molecule has 1 aromatic carbocycles. The van der Waals surface area contributed by atoms with Crippen molar-refractivity contribution < 1.29 is 19.4 Å². The number of likely N-dealkylation sites (tertiary alicyclic amines) is 1. The van der Waals surface area contributed by atoms with E-state index in [0.717, 1.165) is 25.7 Å². The molecule has 0 spiro atoms. The fourth-order valence-electron chi connectivity index (χ4n) is 3.07. The molecule has 1 saturated heterocycles. The van der Waals surface area contributed by atoms with Crippen molar-refractivity contribution in [2.75, 3.05) is 13.2 Å². The Morgan fingerprint density at radius 3 is 2.86 bits per heavy atom. The normalized spacial score (nSPS) is 22.4. The summed E-state index contributed by atoms with van der Waals surface area (Å²) in [7, 11) is 0. The topological polar surface area (TPSA) is 92.9 Å². The average molecular weight is 304 g/mol. The van der Waals surface area contributed by atoms with Crippen LogP contribution in [0.2, 0.25) is 0 Å². The van der Waals surface area contributed by atoms with Gasteiger partial charge in [-0.15, -0.1) is 0 Å². The third kappa shape index (κ3) is 2.92. The first-order valence-corrected chi connectivity index (χ1v) is 7.54. The number of benzene rings is 1. The minimum absolute atomic E-state index is 0.0878. The quantitative estimate of drug-likeness (QED) is 0.836. The monoisotopic (exact) mass is 304 g/mol. The van der Waals surface area contributed by atoms with Crippen LogP contribution in [0.1, 0.15) is 36.0 Å². The second kappa shape index (κ2) is 5.61. The third-order valence-electron chi connectivity index (χ3n) is 4.36. The summed E-state index contributed by atoms with van der Waals surface area (Å²) >= 11 is 0. The van der Waals surface area contributed by atoms with E-state index in [4.69, 9.17) is 10.5 Å². The van der Waals surface area contributed by atoms with Crippen LogP contribution in [0.3, 0.4) is 0 Å². The van der Waals surface area contributed by atoms with Gasteiger partial charge in [-0.3, -0.25) is 9.59 Å². The van der Waals surface area contributed by atoms with Gasteiger partial charge < -0.3 is 20.5 Å². The van der Waals surface area contributed by atoms with Crippen molar-refractivity contribution in [3.8, 4) is 5.75 Å². The minimum Gasteiger partial charge on any atom is -0.484 e. The summed E-state index contributed by atoms with van der Waals surface area (Å²) in [5.74, 6) is -0.231. The highest BCUT2D eigenvalue weighted by Crippen LogP contribution is 2.44. The molecule has 2 amide bonds. The molecule has 1 aliphatic heterocycles. The van der Waals surface area contributed by atoms with Gasteiger partial charge in [0.2, 0.25) is 0 Å². The number of hydrogen-bond donors (Lipinski definition) is 2. The molecule has 3 N–H and O–H groups in total. The molecule has 22 heavy (non-hydrogen) atoms.